The van der Waals surface area contributed by atoms with E-state index >= 15 is 0 Å². The predicted molar refractivity (Wildman–Crippen MR) is 82.1 cm³/mol. The molecule has 1 aromatic heterocycles. The van der Waals surface area contributed by atoms with Gasteiger partial charge in [0.1, 0.15) is 0 Å². The molecule has 0 radical (unpaired) electrons. The van der Waals surface area contributed by atoms with E-state index in [-0.39, 0.29) is 5.92 Å². The minimum atomic E-state index is -1.46. The average molecular weight is 304 g/mol. The van der Waals surface area contributed by atoms with Gasteiger partial charge in [-0.25, -0.2) is 13.2 Å². The summed E-state index contributed by atoms with van der Waals surface area (Å²) in [6.45, 7) is 3.93. The van der Waals surface area contributed by atoms with Crippen LogP contribution < -0.4 is 5.73 Å². The highest BCUT2D eigenvalue weighted by Crippen LogP contribution is 2.37. The molecule has 0 aliphatic carbocycles. The van der Waals surface area contributed by atoms with Crippen molar-refractivity contribution in [1.82, 2.24) is 4.98 Å². The van der Waals surface area contributed by atoms with Crippen molar-refractivity contribution in [3.63, 3.8) is 0 Å². The third-order valence-corrected chi connectivity index (χ3v) is 3.70. The second kappa shape index (κ2) is 5.09. The minimum absolute atomic E-state index is 0.0970. The number of hydrogen-bond acceptors (Lipinski definition) is 1. The topological polar surface area (TPSA) is 41.8 Å². The van der Waals surface area contributed by atoms with Gasteiger partial charge in [-0.15, -0.1) is 0 Å². The summed E-state index contributed by atoms with van der Waals surface area (Å²) in [6.07, 6.45) is 0. The van der Waals surface area contributed by atoms with Gasteiger partial charge in [-0.2, -0.15) is 0 Å². The Labute approximate surface area is 125 Å². The molecule has 0 aliphatic rings. The lowest BCUT2D eigenvalue weighted by atomic mass is 9.96. The zero-order valence-corrected chi connectivity index (χ0v) is 12.2. The number of H-pyrrole nitrogens is 1. The molecule has 0 atom stereocenters. The van der Waals surface area contributed by atoms with E-state index in [1.807, 2.05) is 13.8 Å². The van der Waals surface area contributed by atoms with Crippen LogP contribution >= 0.6 is 0 Å². The summed E-state index contributed by atoms with van der Waals surface area (Å²) in [5.41, 5.74) is 8.94. The van der Waals surface area contributed by atoms with Crippen LogP contribution in [-0.2, 0) is 0 Å². The molecular formula is C17H15F3N2. The molecule has 3 rings (SSSR count). The Balaban J connectivity index is 2.36. The fourth-order valence-corrected chi connectivity index (χ4v) is 2.68. The summed E-state index contributed by atoms with van der Waals surface area (Å²) in [4.78, 5) is 3.24. The van der Waals surface area contributed by atoms with E-state index < -0.39 is 17.5 Å². The van der Waals surface area contributed by atoms with Gasteiger partial charge in [-0.1, -0.05) is 19.9 Å². The first kappa shape index (κ1) is 14.5. The molecule has 0 bridgehead atoms. The van der Waals surface area contributed by atoms with Gasteiger partial charge in [-0.3, -0.25) is 0 Å². The van der Waals surface area contributed by atoms with E-state index in [2.05, 4.69) is 4.98 Å². The maximum atomic E-state index is 13.6. The van der Waals surface area contributed by atoms with Gasteiger partial charge >= 0.3 is 0 Å². The molecule has 0 saturated heterocycles. The molecule has 0 spiro atoms. The molecule has 0 aliphatic heterocycles. The third-order valence-electron chi connectivity index (χ3n) is 3.70. The predicted octanol–water partition coefficient (Wildman–Crippen LogP) is 4.96. The Morgan fingerprint density at radius 3 is 2.23 bits per heavy atom. The number of fused-ring (bicyclic) bond motifs is 1. The van der Waals surface area contributed by atoms with Crippen molar-refractivity contribution in [2.45, 2.75) is 19.8 Å². The van der Waals surface area contributed by atoms with Crippen LogP contribution in [0.3, 0.4) is 0 Å². The number of halogens is 3. The number of benzene rings is 2. The van der Waals surface area contributed by atoms with E-state index in [1.165, 1.54) is 0 Å². The van der Waals surface area contributed by atoms with Crippen LogP contribution in [0.25, 0.3) is 22.0 Å². The van der Waals surface area contributed by atoms with Crippen LogP contribution in [0.4, 0.5) is 18.9 Å². The van der Waals surface area contributed by atoms with Crippen molar-refractivity contribution in [2.24, 2.45) is 0 Å². The normalized spacial score (nSPS) is 11.5. The van der Waals surface area contributed by atoms with Gasteiger partial charge in [0.25, 0.3) is 0 Å². The smallest absolute Gasteiger partial charge is 0.194 e. The van der Waals surface area contributed by atoms with Crippen LogP contribution in [0.15, 0.2) is 30.3 Å². The Morgan fingerprint density at radius 1 is 1.00 bits per heavy atom. The average Bonchev–Trinajstić information content (AvgIpc) is 2.82. The van der Waals surface area contributed by atoms with Crippen LogP contribution in [0.2, 0.25) is 0 Å². The highest BCUT2D eigenvalue weighted by molar-refractivity contribution is 5.99. The molecule has 0 saturated carbocycles. The van der Waals surface area contributed by atoms with E-state index in [9.17, 15) is 13.2 Å². The molecule has 0 fully saturated rings. The zero-order valence-electron chi connectivity index (χ0n) is 12.2. The maximum absolute atomic E-state index is 13.6. The van der Waals surface area contributed by atoms with Crippen molar-refractivity contribution in [3.8, 4) is 11.1 Å². The molecule has 2 aromatic carbocycles. The van der Waals surface area contributed by atoms with Crippen molar-refractivity contribution < 1.29 is 13.2 Å². The van der Waals surface area contributed by atoms with Gasteiger partial charge in [-0.05, 0) is 35.7 Å². The second-order valence-corrected chi connectivity index (χ2v) is 5.63. The highest BCUT2D eigenvalue weighted by atomic mass is 19.2. The fourth-order valence-electron chi connectivity index (χ4n) is 2.68. The standard InChI is InChI=1S/C17H15F3N2/c1-8(2)17-15(9-5-12(18)16(20)13(19)6-9)11-4-3-10(21)7-14(11)22-17/h3-8,22H,21H2,1-2H3. The van der Waals surface area contributed by atoms with E-state index in [4.69, 9.17) is 5.73 Å². The van der Waals surface area contributed by atoms with Crippen LogP contribution in [0, 0.1) is 17.5 Å². The first-order chi connectivity index (χ1) is 10.4. The van der Waals surface area contributed by atoms with Gasteiger partial charge < -0.3 is 10.7 Å². The van der Waals surface area contributed by atoms with Crippen molar-refractivity contribution in [2.75, 3.05) is 5.73 Å². The van der Waals surface area contributed by atoms with Gasteiger partial charge in [0.15, 0.2) is 17.5 Å². The van der Waals surface area contributed by atoms with Gasteiger partial charge in [0.2, 0.25) is 0 Å². The summed E-state index contributed by atoms with van der Waals surface area (Å²) < 4.78 is 40.4. The Bertz CT molecular complexity index is 843. The maximum Gasteiger partial charge on any atom is 0.194 e. The molecule has 1 heterocycles. The molecule has 2 nitrogen and oxygen atoms in total. The van der Waals surface area contributed by atoms with E-state index in [0.717, 1.165) is 28.7 Å². The fraction of sp³-hybridized carbons (Fsp3) is 0.176. The van der Waals surface area contributed by atoms with Crippen molar-refractivity contribution in [3.05, 3.63) is 53.5 Å². The quantitative estimate of drug-likeness (QED) is 0.510. The summed E-state index contributed by atoms with van der Waals surface area (Å²) in [5, 5.41) is 0.795. The van der Waals surface area contributed by atoms with E-state index in [0.29, 0.717) is 16.8 Å². The number of nitrogens with two attached hydrogens (primary N) is 1. The Kier molecular flexibility index (Phi) is 3.35. The molecule has 3 N–H and O–H groups in total. The molecule has 0 unspecified atom stereocenters. The van der Waals surface area contributed by atoms with Gasteiger partial charge in [0.05, 0.1) is 0 Å². The van der Waals surface area contributed by atoms with Gasteiger partial charge in [0, 0.05) is 27.8 Å². The first-order valence-corrected chi connectivity index (χ1v) is 6.94. The number of aromatic nitrogens is 1. The monoisotopic (exact) mass is 304 g/mol. The van der Waals surface area contributed by atoms with Crippen molar-refractivity contribution >= 4 is 16.6 Å². The molecule has 114 valence electrons. The lowest BCUT2D eigenvalue weighted by Gasteiger charge is -2.09. The summed E-state index contributed by atoms with van der Waals surface area (Å²) in [6, 6.07) is 7.31. The number of nitrogens with one attached hydrogen (secondary N) is 1. The third kappa shape index (κ3) is 2.22. The van der Waals surface area contributed by atoms with Crippen LogP contribution in [0.1, 0.15) is 25.5 Å². The summed E-state index contributed by atoms with van der Waals surface area (Å²) in [5.74, 6) is -3.76. The summed E-state index contributed by atoms with van der Waals surface area (Å²) >= 11 is 0. The second-order valence-electron chi connectivity index (χ2n) is 5.63. The first-order valence-electron chi connectivity index (χ1n) is 6.94. The zero-order chi connectivity index (χ0) is 16.0. The molecule has 22 heavy (non-hydrogen) atoms. The lowest BCUT2D eigenvalue weighted by molar-refractivity contribution is 0.447. The number of nitrogen functional groups attached to an aromatic ring is 1. The highest BCUT2D eigenvalue weighted by Gasteiger charge is 2.19. The Hall–Kier alpha value is -2.43. The minimum Gasteiger partial charge on any atom is -0.399 e. The largest absolute Gasteiger partial charge is 0.399 e. The van der Waals surface area contributed by atoms with Crippen LogP contribution in [0.5, 0.6) is 0 Å². The van der Waals surface area contributed by atoms with Crippen LogP contribution in [-0.4, -0.2) is 4.98 Å². The van der Waals surface area contributed by atoms with E-state index in [1.54, 1.807) is 18.2 Å². The number of rotatable bonds is 2. The number of aromatic amines is 1. The Morgan fingerprint density at radius 2 is 1.64 bits per heavy atom. The molecule has 0 amide bonds. The van der Waals surface area contributed by atoms with Crippen molar-refractivity contribution in [1.29, 1.82) is 0 Å². The lowest BCUT2D eigenvalue weighted by Crippen LogP contribution is -1.95. The molecule has 3 aromatic rings. The molecule has 5 heteroatoms. The number of anilines is 1. The number of hydrogen-bond donors (Lipinski definition) is 2. The molecular weight excluding hydrogens is 289 g/mol. The summed E-state index contributed by atoms with van der Waals surface area (Å²) in [7, 11) is 0. The SMILES string of the molecule is CC(C)c1[nH]c2cc(N)ccc2c1-c1cc(F)c(F)c(F)c1.